The Bertz CT molecular complexity index is 1140. The summed E-state index contributed by atoms with van der Waals surface area (Å²) in [6.07, 6.45) is -0.178. The predicted octanol–water partition coefficient (Wildman–Crippen LogP) is 5.02. The number of carbonyl (C=O) groups is 2. The van der Waals surface area contributed by atoms with Gasteiger partial charge in [0.25, 0.3) is 0 Å². The van der Waals surface area contributed by atoms with Crippen molar-refractivity contribution in [2.45, 2.75) is 19.1 Å². The van der Waals surface area contributed by atoms with E-state index in [2.05, 4.69) is 0 Å². The minimum Gasteiger partial charge on any atom is -0.482 e. The fourth-order valence-corrected chi connectivity index (χ4v) is 3.99. The summed E-state index contributed by atoms with van der Waals surface area (Å²) in [6, 6.07) is 21.5. The van der Waals surface area contributed by atoms with Crippen LogP contribution < -0.4 is 4.74 Å². The molecule has 3 aromatic rings. The average molecular weight is 468 g/mol. The number of ether oxygens (including phenoxy) is 2. The van der Waals surface area contributed by atoms with E-state index in [0.29, 0.717) is 29.3 Å². The van der Waals surface area contributed by atoms with Gasteiger partial charge < -0.3 is 19.4 Å². The highest BCUT2D eigenvalue weighted by Crippen LogP contribution is 2.40. The summed E-state index contributed by atoms with van der Waals surface area (Å²) in [5.74, 6) is -0.757. The maximum absolute atomic E-state index is 12.5. The Labute approximate surface area is 196 Å². The molecule has 0 amide bonds. The number of carbonyl (C=O) groups excluding carboxylic acids is 1. The molecule has 0 aromatic heterocycles. The van der Waals surface area contributed by atoms with Crippen LogP contribution in [0.2, 0.25) is 5.02 Å². The van der Waals surface area contributed by atoms with Crippen molar-refractivity contribution in [3.05, 3.63) is 100 Å². The topological polar surface area (TPSA) is 85.3 Å². The first-order valence-corrected chi connectivity index (χ1v) is 10.8. The van der Waals surface area contributed by atoms with Crippen LogP contribution >= 0.6 is 11.6 Å². The van der Waals surface area contributed by atoms with Crippen LogP contribution in [0.4, 0.5) is 4.79 Å². The molecular weight excluding hydrogens is 446 g/mol. The van der Waals surface area contributed by atoms with Gasteiger partial charge in [-0.15, -0.1) is 5.06 Å². The number of carboxylic acid groups (broad SMARTS) is 1. The Hall–Kier alpha value is -3.55. The van der Waals surface area contributed by atoms with Crippen molar-refractivity contribution in [3.63, 3.8) is 0 Å². The number of carboxylic acids is 1. The number of benzene rings is 3. The Morgan fingerprint density at radius 2 is 1.76 bits per heavy atom. The molecule has 1 aliphatic heterocycles. The molecule has 4 rings (SSSR count). The number of nitrogens with zero attached hydrogens (tertiary/aromatic N) is 1. The number of hydrogen-bond donors (Lipinski definition) is 1. The molecule has 1 aliphatic rings. The first kappa shape index (κ1) is 22.6. The molecule has 0 saturated heterocycles. The molecule has 1 unspecified atom stereocenters. The molecule has 0 spiro atoms. The average Bonchev–Trinajstić information content (AvgIpc) is 2.82. The first-order chi connectivity index (χ1) is 16.0. The van der Waals surface area contributed by atoms with Crippen LogP contribution in [0.15, 0.2) is 72.8 Å². The van der Waals surface area contributed by atoms with E-state index >= 15 is 0 Å². The zero-order valence-electron chi connectivity index (χ0n) is 17.6. The van der Waals surface area contributed by atoms with Crippen molar-refractivity contribution < 1.29 is 29.0 Å². The number of hydrogen-bond acceptors (Lipinski definition) is 6. The van der Waals surface area contributed by atoms with E-state index in [1.807, 2.05) is 54.6 Å². The summed E-state index contributed by atoms with van der Waals surface area (Å²) in [6.45, 7) is -0.0190. The number of hydroxylamine groups is 2. The number of fused-ring (bicyclic) bond motifs is 1. The predicted molar refractivity (Wildman–Crippen MR) is 121 cm³/mol. The van der Waals surface area contributed by atoms with Gasteiger partial charge in [-0.2, -0.15) is 0 Å². The van der Waals surface area contributed by atoms with E-state index in [1.165, 1.54) is 5.06 Å². The van der Waals surface area contributed by atoms with Crippen LogP contribution in [0.25, 0.3) is 0 Å². The van der Waals surface area contributed by atoms with Crippen LogP contribution in [-0.2, 0) is 27.4 Å². The van der Waals surface area contributed by atoms with E-state index in [1.54, 1.807) is 18.2 Å². The lowest BCUT2D eigenvalue weighted by molar-refractivity contribution is -0.152. The van der Waals surface area contributed by atoms with Gasteiger partial charge in [0.15, 0.2) is 6.61 Å². The lowest BCUT2D eigenvalue weighted by atomic mass is 9.89. The van der Waals surface area contributed by atoms with Crippen molar-refractivity contribution in [1.29, 1.82) is 0 Å². The molecule has 1 atom stereocenters. The van der Waals surface area contributed by atoms with Gasteiger partial charge in [-0.25, -0.2) is 9.59 Å². The molecule has 8 heteroatoms. The van der Waals surface area contributed by atoms with Gasteiger partial charge in [0.2, 0.25) is 0 Å². The monoisotopic (exact) mass is 467 g/mol. The highest BCUT2D eigenvalue weighted by Gasteiger charge is 2.34. The molecular formula is C25H22ClNO6. The minimum atomic E-state index is -1.10. The van der Waals surface area contributed by atoms with Crippen LogP contribution in [0, 0.1) is 0 Å². The molecule has 1 N–H and O–H groups in total. The number of rotatable bonds is 7. The van der Waals surface area contributed by atoms with Crippen molar-refractivity contribution in [3.8, 4) is 5.75 Å². The Morgan fingerprint density at radius 1 is 1.00 bits per heavy atom. The SMILES string of the molecule is O=C(O)COc1ccc(Cl)cc1C1c2ccccc2CCN1OC(=O)OCc1ccccc1. The largest absolute Gasteiger partial charge is 0.528 e. The van der Waals surface area contributed by atoms with E-state index in [-0.39, 0.29) is 6.61 Å². The zero-order chi connectivity index (χ0) is 23.2. The van der Waals surface area contributed by atoms with Gasteiger partial charge in [-0.3, -0.25) is 0 Å². The van der Waals surface area contributed by atoms with Crippen LogP contribution in [0.5, 0.6) is 5.75 Å². The van der Waals surface area contributed by atoms with Gasteiger partial charge in [0.1, 0.15) is 12.4 Å². The number of halogens is 1. The summed E-state index contributed by atoms with van der Waals surface area (Å²) in [5.41, 5.74) is 3.42. The minimum absolute atomic E-state index is 0.0822. The van der Waals surface area contributed by atoms with Crippen molar-refractivity contribution in [2.24, 2.45) is 0 Å². The summed E-state index contributed by atoms with van der Waals surface area (Å²) in [5, 5.41) is 11.0. The van der Waals surface area contributed by atoms with Crippen molar-refractivity contribution >= 4 is 23.7 Å². The molecule has 0 radical (unpaired) electrons. The highest BCUT2D eigenvalue weighted by molar-refractivity contribution is 6.30. The van der Waals surface area contributed by atoms with Crippen LogP contribution in [-0.4, -0.2) is 35.4 Å². The zero-order valence-corrected chi connectivity index (χ0v) is 18.4. The smallest absolute Gasteiger partial charge is 0.482 e. The third-order valence-corrected chi connectivity index (χ3v) is 5.48. The quantitative estimate of drug-likeness (QED) is 0.488. The van der Waals surface area contributed by atoms with Crippen LogP contribution in [0.3, 0.4) is 0 Å². The highest BCUT2D eigenvalue weighted by atomic mass is 35.5. The second kappa shape index (κ2) is 10.4. The van der Waals surface area contributed by atoms with Crippen molar-refractivity contribution in [1.82, 2.24) is 5.06 Å². The summed E-state index contributed by atoms with van der Waals surface area (Å²) in [4.78, 5) is 29.2. The van der Waals surface area contributed by atoms with E-state index < -0.39 is 24.8 Å². The molecule has 0 fully saturated rings. The lowest BCUT2D eigenvalue weighted by Crippen LogP contribution is -2.38. The summed E-state index contributed by atoms with van der Waals surface area (Å²) < 4.78 is 10.8. The molecule has 7 nitrogen and oxygen atoms in total. The fourth-order valence-electron chi connectivity index (χ4n) is 3.81. The van der Waals surface area contributed by atoms with E-state index in [9.17, 15) is 9.59 Å². The molecule has 33 heavy (non-hydrogen) atoms. The second-order valence-electron chi connectivity index (χ2n) is 7.47. The van der Waals surface area contributed by atoms with Gasteiger partial charge >= 0.3 is 12.1 Å². The maximum Gasteiger partial charge on any atom is 0.528 e. The molecule has 0 saturated carbocycles. The molecule has 3 aromatic carbocycles. The second-order valence-corrected chi connectivity index (χ2v) is 7.91. The lowest BCUT2D eigenvalue weighted by Gasteiger charge is -2.36. The third-order valence-electron chi connectivity index (χ3n) is 5.25. The van der Waals surface area contributed by atoms with E-state index in [4.69, 9.17) is 31.0 Å². The summed E-state index contributed by atoms with van der Waals surface area (Å²) in [7, 11) is 0. The van der Waals surface area contributed by atoms with Gasteiger partial charge in [-0.05, 0) is 41.3 Å². The Kier molecular flexibility index (Phi) is 7.12. The third kappa shape index (κ3) is 5.63. The standard InChI is InChI=1S/C25H22ClNO6/c26-19-10-11-22(31-16-23(28)29)21(14-19)24-20-9-5-4-8-18(20)12-13-27(24)33-25(30)32-15-17-6-2-1-3-7-17/h1-11,14,24H,12-13,15-16H2,(H,28,29). The van der Waals surface area contributed by atoms with Gasteiger partial charge in [0, 0.05) is 17.1 Å². The van der Waals surface area contributed by atoms with Crippen molar-refractivity contribution in [2.75, 3.05) is 13.2 Å². The Balaban J connectivity index is 1.62. The molecule has 0 aliphatic carbocycles. The molecule has 1 heterocycles. The maximum atomic E-state index is 12.5. The van der Waals surface area contributed by atoms with Gasteiger partial charge in [-0.1, -0.05) is 66.2 Å². The Morgan fingerprint density at radius 3 is 2.55 bits per heavy atom. The normalized spacial score (nSPS) is 15.4. The fraction of sp³-hybridized carbons (Fsp3) is 0.200. The van der Waals surface area contributed by atoms with Crippen LogP contribution in [0.1, 0.15) is 28.3 Å². The van der Waals surface area contributed by atoms with E-state index in [0.717, 1.165) is 16.7 Å². The number of aliphatic carboxylic acids is 1. The first-order valence-electron chi connectivity index (χ1n) is 10.4. The molecule has 170 valence electrons. The summed E-state index contributed by atoms with van der Waals surface area (Å²) >= 11 is 6.27. The van der Waals surface area contributed by atoms with Gasteiger partial charge in [0.05, 0.1) is 6.04 Å². The molecule has 0 bridgehead atoms.